The highest BCUT2D eigenvalue weighted by Gasteiger charge is 2.30. The predicted molar refractivity (Wildman–Crippen MR) is 136 cm³/mol. The van der Waals surface area contributed by atoms with Crippen LogP contribution in [0.15, 0.2) is 72.0 Å². The zero-order valence-corrected chi connectivity index (χ0v) is 20.3. The summed E-state index contributed by atoms with van der Waals surface area (Å²) < 4.78 is 0. The first-order chi connectivity index (χ1) is 13.8. The second-order valence-electron chi connectivity index (χ2n) is 7.60. The second kappa shape index (κ2) is 11.2. The average molecular weight is 448 g/mol. The molecule has 0 fully saturated rings. The quantitative estimate of drug-likeness (QED) is 0.299. The molecule has 0 saturated heterocycles. The number of benzene rings is 1. The van der Waals surface area contributed by atoms with E-state index >= 15 is 0 Å². The normalized spacial score (nSPS) is 17.2. The van der Waals surface area contributed by atoms with Crippen molar-refractivity contribution in [2.24, 2.45) is 5.92 Å². The molecule has 1 N–H and O–H groups in total. The first kappa shape index (κ1) is 24.0. The molecule has 0 heterocycles. The van der Waals surface area contributed by atoms with Crippen LogP contribution in [0.1, 0.15) is 37.8 Å². The van der Waals surface area contributed by atoms with Crippen molar-refractivity contribution in [2.75, 3.05) is 11.2 Å². The molecule has 29 heavy (non-hydrogen) atoms. The number of aryl methyl sites for hydroxylation is 1. The summed E-state index contributed by atoms with van der Waals surface area (Å²) in [5.41, 5.74) is 8.18. The smallest absolute Gasteiger partial charge is 0.0563 e. The van der Waals surface area contributed by atoms with Gasteiger partial charge in [0.1, 0.15) is 0 Å². The molecular weight excluding hydrogens is 416 g/mol. The second-order valence-corrected chi connectivity index (χ2v) is 9.19. The van der Waals surface area contributed by atoms with Crippen molar-refractivity contribution in [1.82, 2.24) is 0 Å². The van der Waals surface area contributed by atoms with Crippen molar-refractivity contribution in [3.63, 3.8) is 0 Å². The summed E-state index contributed by atoms with van der Waals surface area (Å²) in [5.74, 6) is 0.315. The van der Waals surface area contributed by atoms with E-state index in [0.29, 0.717) is 5.88 Å². The summed E-state index contributed by atoms with van der Waals surface area (Å²) in [7, 11) is 2.98. The zero-order chi connectivity index (χ0) is 21.6. The van der Waals surface area contributed by atoms with Crippen molar-refractivity contribution in [3.8, 4) is 0 Å². The molecule has 1 aromatic rings. The van der Waals surface area contributed by atoms with Gasteiger partial charge in [-0.2, -0.15) is 0 Å². The maximum absolute atomic E-state index is 6.71. The molecule has 4 unspecified atom stereocenters. The van der Waals surface area contributed by atoms with Gasteiger partial charge in [0, 0.05) is 28.8 Å². The molecule has 0 amide bonds. The Balaban J connectivity index is 2.34. The zero-order valence-electron chi connectivity index (χ0n) is 17.6. The van der Waals surface area contributed by atoms with Crippen LogP contribution >= 0.6 is 32.4 Å². The lowest BCUT2D eigenvalue weighted by molar-refractivity contribution is 0.619. The Bertz CT molecular complexity index is 850. The topological polar surface area (TPSA) is 12.0 Å². The van der Waals surface area contributed by atoms with Gasteiger partial charge in [0.15, 0.2) is 0 Å². The molecule has 4 heteroatoms. The lowest BCUT2D eigenvalue weighted by atomic mass is 9.90. The number of halogens is 2. The molecule has 1 aliphatic carbocycles. The van der Waals surface area contributed by atoms with Crippen LogP contribution in [0, 0.1) is 12.8 Å². The monoisotopic (exact) mass is 447 g/mol. The lowest BCUT2D eigenvalue weighted by Gasteiger charge is -2.31. The fourth-order valence-corrected chi connectivity index (χ4v) is 4.89. The Morgan fingerprint density at radius 2 is 2.03 bits per heavy atom. The van der Waals surface area contributed by atoms with E-state index in [4.69, 9.17) is 23.2 Å². The molecule has 1 nitrogen and oxygen atoms in total. The highest BCUT2D eigenvalue weighted by atomic mass is 35.5. The van der Waals surface area contributed by atoms with Gasteiger partial charge < -0.3 is 5.32 Å². The number of nitrogens with one attached hydrogen (secondary N) is 1. The maximum atomic E-state index is 6.71. The molecule has 4 atom stereocenters. The minimum absolute atomic E-state index is 0.0424. The number of alkyl halides is 2. The van der Waals surface area contributed by atoms with Crippen LogP contribution in [-0.4, -0.2) is 16.9 Å². The molecule has 0 spiro atoms. The van der Waals surface area contributed by atoms with Gasteiger partial charge in [-0.1, -0.05) is 61.6 Å². The number of hydrogen-bond acceptors (Lipinski definition) is 1. The number of anilines is 1. The molecule has 1 aliphatic rings. The molecule has 156 valence electrons. The molecule has 0 radical (unpaired) electrons. The van der Waals surface area contributed by atoms with Crippen molar-refractivity contribution < 1.29 is 0 Å². The first-order valence-corrected chi connectivity index (χ1v) is 11.7. The van der Waals surface area contributed by atoms with Gasteiger partial charge in [0.05, 0.1) is 5.38 Å². The Morgan fingerprint density at radius 3 is 2.66 bits per heavy atom. The summed E-state index contributed by atoms with van der Waals surface area (Å²) in [6.07, 6.45) is 10.7. The van der Waals surface area contributed by atoms with Crippen molar-refractivity contribution in [3.05, 3.63) is 83.1 Å². The SMILES string of the molecule is C=Cc1cc(NC(=C)C(C(Cl)CCl)C(P)C2=CC(C)=CCC(CC)=C2)ccc1C. The third-order valence-electron chi connectivity index (χ3n) is 5.42. The summed E-state index contributed by atoms with van der Waals surface area (Å²) in [4.78, 5) is 0. The standard InChI is InChI=1S/C25H32Cl2NP/c1-6-19-10-8-16(3)12-21(13-19)25(29)24(23(27)15-26)18(5)28-22-11-9-17(4)20(7-2)14-22/h7-9,11-14,23-25,28H,2,5-6,10,15,29H2,1,3-4H3. The molecule has 0 saturated carbocycles. The van der Waals surface area contributed by atoms with E-state index in [-0.39, 0.29) is 17.0 Å². The van der Waals surface area contributed by atoms with E-state index in [1.54, 1.807) is 0 Å². The molecule has 1 aromatic carbocycles. The Kier molecular flexibility index (Phi) is 9.28. The van der Waals surface area contributed by atoms with Gasteiger partial charge in [-0.3, -0.25) is 0 Å². The highest BCUT2D eigenvalue weighted by Crippen LogP contribution is 2.36. The summed E-state index contributed by atoms with van der Waals surface area (Å²) >= 11 is 12.9. The van der Waals surface area contributed by atoms with Gasteiger partial charge in [-0.05, 0) is 55.5 Å². The third-order valence-corrected chi connectivity index (χ3v) is 7.14. The van der Waals surface area contributed by atoms with Gasteiger partial charge in [0.25, 0.3) is 0 Å². The van der Waals surface area contributed by atoms with Crippen molar-refractivity contribution in [1.29, 1.82) is 0 Å². The van der Waals surface area contributed by atoms with E-state index in [1.807, 2.05) is 6.08 Å². The molecular formula is C25H32Cl2NP. The van der Waals surface area contributed by atoms with E-state index in [1.165, 1.54) is 22.3 Å². The summed E-state index contributed by atoms with van der Waals surface area (Å²) in [6.45, 7) is 14.7. The largest absolute Gasteiger partial charge is 0.359 e. The molecule has 0 aliphatic heterocycles. The van der Waals surface area contributed by atoms with Gasteiger partial charge in [-0.25, -0.2) is 0 Å². The fraction of sp³-hybridized carbons (Fsp3) is 0.360. The van der Waals surface area contributed by atoms with Gasteiger partial charge in [-0.15, -0.1) is 32.4 Å². The maximum Gasteiger partial charge on any atom is 0.0563 e. The Labute approximate surface area is 188 Å². The summed E-state index contributed by atoms with van der Waals surface area (Å²) in [6, 6.07) is 6.22. The molecule has 0 bridgehead atoms. The van der Waals surface area contributed by atoms with E-state index in [0.717, 1.165) is 29.8 Å². The van der Waals surface area contributed by atoms with Crippen molar-refractivity contribution >= 4 is 44.2 Å². The van der Waals surface area contributed by atoms with Gasteiger partial charge >= 0.3 is 0 Å². The van der Waals surface area contributed by atoms with Gasteiger partial charge in [0.2, 0.25) is 0 Å². The van der Waals surface area contributed by atoms with E-state index in [9.17, 15) is 0 Å². The van der Waals surface area contributed by atoms with Crippen LogP contribution in [0.5, 0.6) is 0 Å². The first-order valence-electron chi connectivity index (χ1n) is 10.0. The molecule has 0 aromatic heterocycles. The minimum Gasteiger partial charge on any atom is -0.359 e. The average Bonchev–Trinajstić information content (AvgIpc) is 2.90. The Hall–Kier alpha value is -1.27. The summed E-state index contributed by atoms with van der Waals surface area (Å²) in [5, 5.41) is 3.23. The number of rotatable bonds is 9. The number of allylic oxidation sites excluding steroid dienone is 7. The molecule has 2 rings (SSSR count). The van der Waals surface area contributed by atoms with Crippen LogP contribution in [0.25, 0.3) is 6.08 Å². The van der Waals surface area contributed by atoms with Crippen LogP contribution in [0.2, 0.25) is 0 Å². The van der Waals surface area contributed by atoms with Crippen LogP contribution in [0.4, 0.5) is 5.69 Å². The number of hydrogen-bond donors (Lipinski definition) is 1. The highest BCUT2D eigenvalue weighted by molar-refractivity contribution is 7.18. The Morgan fingerprint density at radius 1 is 1.31 bits per heavy atom. The predicted octanol–water partition coefficient (Wildman–Crippen LogP) is 7.88. The minimum atomic E-state index is -0.240. The third kappa shape index (κ3) is 6.35. The van der Waals surface area contributed by atoms with Crippen molar-refractivity contribution in [2.45, 2.75) is 44.6 Å². The van der Waals surface area contributed by atoms with Crippen LogP contribution in [0.3, 0.4) is 0 Å². The van der Waals surface area contributed by atoms with E-state index in [2.05, 4.69) is 84.9 Å². The fourth-order valence-electron chi connectivity index (χ4n) is 3.56. The van der Waals surface area contributed by atoms with Crippen LogP contribution < -0.4 is 5.32 Å². The van der Waals surface area contributed by atoms with Crippen LogP contribution in [-0.2, 0) is 0 Å². The van der Waals surface area contributed by atoms with E-state index < -0.39 is 0 Å². The lowest BCUT2D eigenvalue weighted by Crippen LogP contribution is -2.31.